The minimum atomic E-state index is -0.464. The molecule has 0 saturated heterocycles. The molecule has 1 aromatic heterocycles. The molecular formula is C8H10BrN3O2. The number of methoxy groups -OCH3 is 1. The molecule has 0 radical (unpaired) electrons. The molecule has 1 amide bonds. The van der Waals surface area contributed by atoms with Crippen LogP contribution in [0.2, 0.25) is 0 Å². The van der Waals surface area contributed by atoms with Crippen molar-refractivity contribution >= 4 is 21.8 Å². The highest BCUT2D eigenvalue weighted by molar-refractivity contribution is 9.10. The van der Waals surface area contributed by atoms with Crippen LogP contribution in [0, 0.1) is 6.92 Å². The molecule has 0 fully saturated rings. The number of primary amides is 1. The van der Waals surface area contributed by atoms with Gasteiger partial charge in [0, 0.05) is 0 Å². The van der Waals surface area contributed by atoms with E-state index < -0.39 is 5.91 Å². The summed E-state index contributed by atoms with van der Waals surface area (Å²) in [6.07, 6.45) is 0.0183. The van der Waals surface area contributed by atoms with Crippen molar-refractivity contribution in [3.8, 4) is 5.88 Å². The number of ether oxygens (including phenoxy) is 1. The van der Waals surface area contributed by atoms with Crippen LogP contribution in [0.3, 0.4) is 0 Å². The lowest BCUT2D eigenvalue weighted by atomic mass is 10.3. The van der Waals surface area contributed by atoms with Gasteiger partial charge in [-0.1, -0.05) is 0 Å². The van der Waals surface area contributed by atoms with Gasteiger partial charge in [-0.25, -0.2) is 4.98 Å². The number of hydrogen-bond donors (Lipinski definition) is 1. The quantitative estimate of drug-likeness (QED) is 0.862. The average molecular weight is 260 g/mol. The molecule has 1 rings (SSSR count). The van der Waals surface area contributed by atoms with Crippen molar-refractivity contribution in [2.24, 2.45) is 5.73 Å². The molecule has 76 valence electrons. The predicted octanol–water partition coefficient (Wildman–Crippen LogP) is 0.584. The van der Waals surface area contributed by atoms with E-state index in [2.05, 4.69) is 25.9 Å². The van der Waals surface area contributed by atoms with Crippen molar-refractivity contribution in [3.05, 3.63) is 16.0 Å². The molecule has 0 unspecified atom stereocenters. The second kappa shape index (κ2) is 4.36. The van der Waals surface area contributed by atoms with Gasteiger partial charge in [-0.15, -0.1) is 0 Å². The Balaban J connectivity index is 3.09. The monoisotopic (exact) mass is 259 g/mol. The highest BCUT2D eigenvalue weighted by Gasteiger charge is 2.10. The highest BCUT2D eigenvalue weighted by Crippen LogP contribution is 2.24. The molecule has 0 aliphatic rings. The number of nitrogens with zero attached hydrogens (tertiary/aromatic N) is 2. The van der Waals surface area contributed by atoms with Gasteiger partial charge in [0.1, 0.15) is 10.3 Å². The van der Waals surface area contributed by atoms with Crippen molar-refractivity contribution in [3.63, 3.8) is 0 Å². The largest absolute Gasteiger partial charge is 0.480 e. The number of rotatable bonds is 3. The summed E-state index contributed by atoms with van der Waals surface area (Å²) < 4.78 is 5.69. The van der Waals surface area contributed by atoms with Crippen molar-refractivity contribution in [1.82, 2.24) is 9.97 Å². The van der Waals surface area contributed by atoms with E-state index in [0.717, 1.165) is 0 Å². The highest BCUT2D eigenvalue weighted by atomic mass is 79.9. The summed E-state index contributed by atoms with van der Waals surface area (Å²) in [6, 6.07) is 0. The van der Waals surface area contributed by atoms with Crippen LogP contribution in [0.25, 0.3) is 0 Å². The Labute approximate surface area is 89.8 Å². The fraction of sp³-hybridized carbons (Fsp3) is 0.375. The van der Waals surface area contributed by atoms with Crippen LogP contribution in [0.1, 0.15) is 11.5 Å². The summed E-state index contributed by atoms with van der Waals surface area (Å²) in [5.74, 6) is 0.317. The molecule has 0 bridgehead atoms. The van der Waals surface area contributed by atoms with Gasteiger partial charge in [0.2, 0.25) is 11.8 Å². The molecule has 1 aromatic rings. The Morgan fingerprint density at radius 2 is 2.21 bits per heavy atom. The topological polar surface area (TPSA) is 78.1 Å². The second-order valence-corrected chi connectivity index (χ2v) is 3.48. The van der Waals surface area contributed by atoms with Gasteiger partial charge < -0.3 is 10.5 Å². The molecule has 0 saturated carbocycles. The first-order valence-electron chi connectivity index (χ1n) is 3.90. The zero-order chi connectivity index (χ0) is 10.7. The molecular weight excluding hydrogens is 250 g/mol. The van der Waals surface area contributed by atoms with Crippen molar-refractivity contribution in [2.45, 2.75) is 13.3 Å². The van der Waals surface area contributed by atoms with Gasteiger partial charge >= 0.3 is 0 Å². The minimum Gasteiger partial charge on any atom is -0.480 e. The third-order valence-corrected chi connectivity index (χ3v) is 2.47. The zero-order valence-corrected chi connectivity index (χ0v) is 9.46. The molecule has 0 atom stereocenters. The molecule has 0 aliphatic heterocycles. The van der Waals surface area contributed by atoms with E-state index in [1.807, 2.05) is 0 Å². The number of carbonyl (C=O) groups excluding carboxylic acids is 1. The van der Waals surface area contributed by atoms with Crippen LogP contribution in [0.15, 0.2) is 4.47 Å². The number of carbonyl (C=O) groups is 1. The van der Waals surface area contributed by atoms with E-state index in [9.17, 15) is 4.79 Å². The fourth-order valence-corrected chi connectivity index (χ4v) is 1.30. The maximum atomic E-state index is 10.7. The summed E-state index contributed by atoms with van der Waals surface area (Å²) >= 11 is 3.27. The van der Waals surface area contributed by atoms with Crippen molar-refractivity contribution < 1.29 is 9.53 Å². The lowest BCUT2D eigenvalue weighted by Crippen LogP contribution is -2.16. The summed E-state index contributed by atoms with van der Waals surface area (Å²) in [5.41, 5.74) is 5.75. The fourth-order valence-electron chi connectivity index (χ4n) is 0.959. The molecule has 0 aliphatic carbocycles. The third-order valence-electron chi connectivity index (χ3n) is 1.56. The SMILES string of the molecule is COc1nc(CC(N)=O)nc(C)c1Br. The molecule has 6 heteroatoms. The summed E-state index contributed by atoms with van der Waals surface area (Å²) in [6.45, 7) is 1.79. The Bertz CT molecular complexity index is 368. The molecule has 14 heavy (non-hydrogen) atoms. The molecule has 0 aromatic carbocycles. The molecule has 2 N–H and O–H groups in total. The Morgan fingerprint density at radius 1 is 1.57 bits per heavy atom. The van der Waals surface area contributed by atoms with Crippen LogP contribution in [0.5, 0.6) is 5.88 Å². The molecule has 5 nitrogen and oxygen atoms in total. The van der Waals surface area contributed by atoms with E-state index in [1.54, 1.807) is 6.92 Å². The number of aryl methyl sites for hydroxylation is 1. The minimum absolute atomic E-state index is 0.0183. The standard InChI is InChI=1S/C8H10BrN3O2/c1-4-7(9)8(14-2)12-6(11-4)3-5(10)13/h3H2,1-2H3,(H2,10,13). The normalized spacial score (nSPS) is 9.93. The zero-order valence-electron chi connectivity index (χ0n) is 7.87. The lowest BCUT2D eigenvalue weighted by Gasteiger charge is -2.06. The number of amides is 1. The first-order chi connectivity index (χ1) is 6.54. The third kappa shape index (κ3) is 2.41. The van der Waals surface area contributed by atoms with Gasteiger partial charge in [0.05, 0.1) is 19.2 Å². The van der Waals surface area contributed by atoms with Crippen molar-refractivity contribution in [1.29, 1.82) is 0 Å². The van der Waals surface area contributed by atoms with Crippen LogP contribution in [0.4, 0.5) is 0 Å². The maximum absolute atomic E-state index is 10.7. The van der Waals surface area contributed by atoms with E-state index in [-0.39, 0.29) is 6.42 Å². The van der Waals surface area contributed by atoms with E-state index in [1.165, 1.54) is 7.11 Å². The first kappa shape index (κ1) is 10.9. The molecule has 0 spiro atoms. The number of nitrogens with two attached hydrogens (primary N) is 1. The smallest absolute Gasteiger partial charge is 0.231 e. The number of aromatic nitrogens is 2. The lowest BCUT2D eigenvalue weighted by molar-refractivity contribution is -0.117. The summed E-state index contributed by atoms with van der Waals surface area (Å²) in [5, 5.41) is 0. The number of halogens is 1. The predicted molar refractivity (Wildman–Crippen MR) is 53.9 cm³/mol. The van der Waals surface area contributed by atoms with Gasteiger partial charge in [-0.05, 0) is 22.9 Å². The van der Waals surface area contributed by atoms with Gasteiger partial charge in [-0.3, -0.25) is 4.79 Å². The Kier molecular flexibility index (Phi) is 3.40. The Morgan fingerprint density at radius 3 is 2.71 bits per heavy atom. The van der Waals surface area contributed by atoms with E-state index in [0.29, 0.717) is 21.9 Å². The van der Waals surface area contributed by atoms with Gasteiger partial charge in [0.15, 0.2) is 0 Å². The Hall–Kier alpha value is -1.17. The van der Waals surface area contributed by atoms with E-state index in [4.69, 9.17) is 10.5 Å². The van der Waals surface area contributed by atoms with Crippen LogP contribution in [-0.4, -0.2) is 23.0 Å². The number of hydrogen-bond acceptors (Lipinski definition) is 4. The van der Waals surface area contributed by atoms with Crippen LogP contribution in [-0.2, 0) is 11.2 Å². The summed E-state index contributed by atoms with van der Waals surface area (Å²) in [7, 11) is 1.50. The van der Waals surface area contributed by atoms with Crippen molar-refractivity contribution in [2.75, 3.05) is 7.11 Å². The average Bonchev–Trinajstić information content (AvgIpc) is 2.10. The van der Waals surface area contributed by atoms with E-state index >= 15 is 0 Å². The van der Waals surface area contributed by atoms with Crippen LogP contribution < -0.4 is 10.5 Å². The van der Waals surface area contributed by atoms with Gasteiger partial charge in [-0.2, -0.15) is 4.98 Å². The summed E-state index contributed by atoms with van der Waals surface area (Å²) in [4.78, 5) is 18.7. The molecule has 1 heterocycles. The second-order valence-electron chi connectivity index (χ2n) is 2.69. The van der Waals surface area contributed by atoms with Crippen LogP contribution >= 0.6 is 15.9 Å². The first-order valence-corrected chi connectivity index (χ1v) is 4.69. The maximum Gasteiger partial charge on any atom is 0.231 e. The van der Waals surface area contributed by atoms with Gasteiger partial charge in [0.25, 0.3) is 0 Å².